The summed E-state index contributed by atoms with van der Waals surface area (Å²) in [6.45, 7) is 4.43. The van der Waals surface area contributed by atoms with Crippen LogP contribution >= 0.6 is 22.6 Å². The van der Waals surface area contributed by atoms with Crippen molar-refractivity contribution in [3.05, 3.63) is 24.2 Å². The first kappa shape index (κ1) is 10.5. The lowest BCUT2D eigenvalue weighted by atomic mass is 10.0. The molecule has 2 heterocycles. The van der Waals surface area contributed by atoms with E-state index >= 15 is 0 Å². The molecule has 1 saturated heterocycles. The lowest BCUT2D eigenvalue weighted by Crippen LogP contribution is -2.13. The van der Waals surface area contributed by atoms with Crippen LogP contribution in [0, 0.1) is 5.92 Å². The third-order valence-electron chi connectivity index (χ3n) is 2.72. The number of hydrogen-bond acceptors (Lipinski definition) is 2. The second kappa shape index (κ2) is 4.23. The molecule has 0 amide bonds. The first-order valence-electron chi connectivity index (χ1n) is 5.00. The van der Waals surface area contributed by atoms with E-state index in [9.17, 15) is 0 Å². The third kappa shape index (κ3) is 1.98. The van der Waals surface area contributed by atoms with Gasteiger partial charge in [0.1, 0.15) is 0 Å². The Bertz CT molecular complexity index is 281. The van der Waals surface area contributed by atoms with Crippen LogP contribution in [0.5, 0.6) is 0 Å². The van der Waals surface area contributed by atoms with Crippen LogP contribution in [0.25, 0.3) is 0 Å². The molecule has 14 heavy (non-hydrogen) atoms. The van der Waals surface area contributed by atoms with Crippen molar-refractivity contribution in [3.63, 3.8) is 0 Å². The maximum absolute atomic E-state index is 6.01. The fraction of sp³-hybridized carbons (Fsp3) is 0.636. The highest BCUT2D eigenvalue weighted by Crippen LogP contribution is 2.40. The minimum Gasteiger partial charge on any atom is -0.472 e. The Hall–Kier alpha value is -0.0300. The van der Waals surface area contributed by atoms with Crippen molar-refractivity contribution in [1.29, 1.82) is 0 Å². The molecule has 0 spiro atoms. The van der Waals surface area contributed by atoms with Crippen molar-refractivity contribution in [2.75, 3.05) is 0 Å². The van der Waals surface area contributed by atoms with Gasteiger partial charge in [0, 0.05) is 9.49 Å². The van der Waals surface area contributed by atoms with Gasteiger partial charge in [-0.1, -0.05) is 36.4 Å². The van der Waals surface area contributed by atoms with Gasteiger partial charge < -0.3 is 9.15 Å². The summed E-state index contributed by atoms with van der Waals surface area (Å²) in [7, 11) is 0. The van der Waals surface area contributed by atoms with Crippen molar-refractivity contribution in [2.24, 2.45) is 5.92 Å². The van der Waals surface area contributed by atoms with Crippen LogP contribution < -0.4 is 0 Å². The molecule has 78 valence electrons. The molecule has 0 unspecified atom stereocenters. The monoisotopic (exact) mass is 306 g/mol. The number of rotatable bonds is 2. The number of ether oxygens (including phenoxy) is 1. The largest absolute Gasteiger partial charge is 0.472 e. The molecule has 1 aromatic rings. The minimum absolute atomic E-state index is 0.224. The number of hydrogen-bond donors (Lipinski definition) is 0. The Morgan fingerprint density at radius 3 is 2.79 bits per heavy atom. The van der Waals surface area contributed by atoms with Crippen molar-refractivity contribution in [2.45, 2.75) is 36.4 Å². The molecule has 0 saturated carbocycles. The summed E-state index contributed by atoms with van der Waals surface area (Å²) in [4.78, 5) is 0. The standard InChI is InChI=1S/C11H15IO2/c1-7(2)10-5-9(12)11(14-10)8-3-4-13-6-8/h3-4,6-7,9-11H,5H2,1-2H3/t9-,10-,11+/m0/s1. The van der Waals surface area contributed by atoms with Crippen LogP contribution in [0.2, 0.25) is 0 Å². The van der Waals surface area contributed by atoms with E-state index < -0.39 is 0 Å². The van der Waals surface area contributed by atoms with Gasteiger partial charge in [0.2, 0.25) is 0 Å². The summed E-state index contributed by atoms with van der Waals surface area (Å²) in [5.74, 6) is 0.601. The van der Waals surface area contributed by atoms with Gasteiger partial charge in [-0.3, -0.25) is 0 Å². The zero-order chi connectivity index (χ0) is 10.1. The predicted octanol–water partition coefficient (Wildman–Crippen LogP) is 3.57. The van der Waals surface area contributed by atoms with Crippen LogP contribution in [0.3, 0.4) is 0 Å². The maximum atomic E-state index is 6.01. The molecule has 1 aliphatic rings. The topological polar surface area (TPSA) is 22.4 Å². The molecular formula is C11H15IO2. The predicted molar refractivity (Wildman–Crippen MR) is 63.6 cm³/mol. The van der Waals surface area contributed by atoms with Crippen LogP contribution in [0.1, 0.15) is 31.9 Å². The molecule has 1 fully saturated rings. The highest BCUT2D eigenvalue weighted by molar-refractivity contribution is 14.1. The minimum atomic E-state index is 0.224. The van der Waals surface area contributed by atoms with E-state index in [1.807, 2.05) is 6.07 Å². The molecule has 2 nitrogen and oxygen atoms in total. The first-order chi connectivity index (χ1) is 6.68. The van der Waals surface area contributed by atoms with E-state index in [2.05, 4.69) is 36.4 Å². The van der Waals surface area contributed by atoms with Crippen molar-refractivity contribution in [1.82, 2.24) is 0 Å². The van der Waals surface area contributed by atoms with Gasteiger partial charge in [-0.05, 0) is 18.4 Å². The quantitative estimate of drug-likeness (QED) is 0.615. The molecule has 0 radical (unpaired) electrons. The van der Waals surface area contributed by atoms with Gasteiger partial charge in [-0.2, -0.15) is 0 Å². The number of furan rings is 1. The molecular weight excluding hydrogens is 291 g/mol. The van der Waals surface area contributed by atoms with E-state index in [4.69, 9.17) is 9.15 Å². The molecule has 3 heteroatoms. The second-order valence-corrected chi connectivity index (χ2v) is 5.75. The smallest absolute Gasteiger partial charge is 0.0978 e. The van der Waals surface area contributed by atoms with Crippen molar-refractivity contribution >= 4 is 22.6 Å². The molecule has 0 bridgehead atoms. The Labute approximate surface area is 98.1 Å². The van der Waals surface area contributed by atoms with Crippen LogP contribution in [-0.2, 0) is 4.74 Å². The highest BCUT2D eigenvalue weighted by atomic mass is 127. The highest BCUT2D eigenvalue weighted by Gasteiger charge is 2.36. The van der Waals surface area contributed by atoms with Gasteiger partial charge in [-0.25, -0.2) is 0 Å². The van der Waals surface area contributed by atoms with E-state index in [0.29, 0.717) is 15.9 Å². The van der Waals surface area contributed by atoms with E-state index in [0.717, 1.165) is 6.42 Å². The van der Waals surface area contributed by atoms with Gasteiger partial charge in [0.15, 0.2) is 0 Å². The summed E-state index contributed by atoms with van der Waals surface area (Å²) < 4.78 is 11.7. The van der Waals surface area contributed by atoms with Crippen LogP contribution in [0.15, 0.2) is 23.0 Å². The summed E-state index contributed by atoms with van der Waals surface area (Å²) in [5, 5.41) is 0. The van der Waals surface area contributed by atoms with E-state index in [1.165, 1.54) is 5.56 Å². The van der Waals surface area contributed by atoms with Crippen LogP contribution in [-0.4, -0.2) is 10.0 Å². The Kier molecular flexibility index (Phi) is 3.17. The summed E-state index contributed by atoms with van der Waals surface area (Å²) in [6.07, 6.45) is 5.27. The molecule has 0 N–H and O–H groups in total. The summed E-state index contributed by atoms with van der Waals surface area (Å²) in [6, 6.07) is 2.00. The number of alkyl halides is 1. The van der Waals surface area contributed by atoms with Crippen LogP contribution in [0.4, 0.5) is 0 Å². The van der Waals surface area contributed by atoms with Gasteiger partial charge in [0.05, 0.1) is 24.7 Å². The molecule has 2 rings (SSSR count). The lowest BCUT2D eigenvalue weighted by molar-refractivity contribution is 0.0200. The Morgan fingerprint density at radius 1 is 1.50 bits per heavy atom. The summed E-state index contributed by atoms with van der Waals surface area (Å²) in [5.41, 5.74) is 1.17. The van der Waals surface area contributed by atoms with E-state index in [1.54, 1.807) is 12.5 Å². The second-order valence-electron chi connectivity index (χ2n) is 4.15. The van der Waals surface area contributed by atoms with Gasteiger partial charge in [-0.15, -0.1) is 0 Å². The molecule has 0 aromatic carbocycles. The average molecular weight is 306 g/mol. The fourth-order valence-electron chi connectivity index (χ4n) is 1.83. The Balaban J connectivity index is 2.09. The fourth-order valence-corrected chi connectivity index (χ4v) is 2.91. The number of halogens is 1. The molecule has 0 aliphatic carbocycles. The van der Waals surface area contributed by atoms with Crippen molar-refractivity contribution < 1.29 is 9.15 Å². The summed E-state index contributed by atoms with van der Waals surface area (Å²) >= 11 is 2.48. The molecule has 1 aliphatic heterocycles. The lowest BCUT2D eigenvalue weighted by Gasteiger charge is -2.15. The molecule has 3 atom stereocenters. The third-order valence-corrected chi connectivity index (χ3v) is 3.88. The average Bonchev–Trinajstić information content (AvgIpc) is 2.71. The van der Waals surface area contributed by atoms with Gasteiger partial charge >= 0.3 is 0 Å². The first-order valence-corrected chi connectivity index (χ1v) is 6.24. The Morgan fingerprint density at radius 2 is 2.29 bits per heavy atom. The molecule has 1 aromatic heterocycles. The maximum Gasteiger partial charge on any atom is 0.0978 e. The normalized spacial score (nSPS) is 32.7. The zero-order valence-electron chi connectivity index (χ0n) is 8.44. The van der Waals surface area contributed by atoms with Gasteiger partial charge in [0.25, 0.3) is 0 Å². The zero-order valence-corrected chi connectivity index (χ0v) is 10.6. The van der Waals surface area contributed by atoms with Crippen molar-refractivity contribution in [3.8, 4) is 0 Å². The van der Waals surface area contributed by atoms with E-state index in [-0.39, 0.29) is 6.10 Å². The SMILES string of the molecule is CC(C)[C@@H]1C[C@H](I)[C@@H](c2ccoc2)O1.